The quantitative estimate of drug-likeness (QED) is 0.532. The highest BCUT2D eigenvalue weighted by atomic mass is 35.5. The number of alkyl halides is 2. The highest BCUT2D eigenvalue weighted by molar-refractivity contribution is 6.18. The molecule has 0 aromatic heterocycles. The van der Waals surface area contributed by atoms with E-state index >= 15 is 0 Å². The predicted octanol–water partition coefficient (Wildman–Crippen LogP) is 2.42. The van der Waals surface area contributed by atoms with Crippen LogP contribution in [0.1, 0.15) is 19.3 Å². The van der Waals surface area contributed by atoms with Crippen LogP contribution in [0.4, 0.5) is 0 Å². The molecule has 0 N–H and O–H groups in total. The van der Waals surface area contributed by atoms with Gasteiger partial charge in [0.25, 0.3) is 0 Å². The Kier molecular flexibility index (Phi) is 6.13. The number of hydrogen-bond acceptors (Lipinski definition) is 2. The second kappa shape index (κ2) is 6.88. The molecular weight excluding hydrogens is 211 g/mol. The number of hydrogen-bond donors (Lipinski definition) is 0. The third-order valence-electron chi connectivity index (χ3n) is 1.90. The molecule has 0 radical (unpaired) electrons. The number of rotatable bonds is 5. The number of epoxide rings is 2. The summed E-state index contributed by atoms with van der Waals surface area (Å²) >= 11 is 10.8. The topological polar surface area (TPSA) is 25.1 Å². The van der Waals surface area contributed by atoms with Gasteiger partial charge in [-0.15, -0.1) is 23.2 Å². The average molecular weight is 227 g/mol. The molecule has 2 heterocycles. The van der Waals surface area contributed by atoms with Gasteiger partial charge < -0.3 is 9.47 Å². The minimum Gasteiger partial charge on any atom is -0.373 e. The van der Waals surface area contributed by atoms with Gasteiger partial charge in [-0.25, -0.2) is 0 Å². The van der Waals surface area contributed by atoms with E-state index in [0.29, 0.717) is 12.2 Å². The summed E-state index contributed by atoms with van der Waals surface area (Å²) in [7, 11) is 0. The maximum atomic E-state index is 5.42. The van der Waals surface area contributed by atoms with Gasteiger partial charge in [0.05, 0.1) is 25.4 Å². The molecule has 0 amide bonds. The summed E-state index contributed by atoms with van der Waals surface area (Å²) in [5.41, 5.74) is 0. The third kappa shape index (κ3) is 7.56. The van der Waals surface area contributed by atoms with Crippen molar-refractivity contribution < 1.29 is 9.47 Å². The van der Waals surface area contributed by atoms with Gasteiger partial charge in [0, 0.05) is 11.8 Å². The van der Waals surface area contributed by atoms with Crippen molar-refractivity contribution in [1.82, 2.24) is 0 Å². The minimum absolute atomic E-state index is 0.516. The molecule has 2 aliphatic heterocycles. The van der Waals surface area contributed by atoms with E-state index in [1.807, 2.05) is 0 Å². The molecule has 0 aromatic carbocycles. The molecular formula is C9H16Cl2O2. The summed E-state index contributed by atoms with van der Waals surface area (Å²) in [6.07, 6.45) is 4.37. The van der Waals surface area contributed by atoms with Crippen LogP contribution >= 0.6 is 23.2 Å². The SMILES string of the molecule is ClCCC1CO1.ClCCCC1CO1. The fourth-order valence-electron chi connectivity index (χ4n) is 0.896. The molecule has 2 aliphatic rings. The average Bonchev–Trinajstić information content (AvgIpc) is 2.97. The van der Waals surface area contributed by atoms with Crippen molar-refractivity contribution in [3.8, 4) is 0 Å². The van der Waals surface area contributed by atoms with Gasteiger partial charge in [-0.05, 0) is 19.3 Å². The zero-order valence-electron chi connectivity index (χ0n) is 7.68. The molecule has 2 saturated heterocycles. The lowest BCUT2D eigenvalue weighted by Crippen LogP contribution is -1.83. The van der Waals surface area contributed by atoms with E-state index in [1.54, 1.807) is 0 Å². The first-order chi connectivity index (χ1) is 6.36. The fraction of sp³-hybridized carbons (Fsp3) is 1.00. The molecule has 2 unspecified atom stereocenters. The van der Waals surface area contributed by atoms with Crippen molar-refractivity contribution in [2.45, 2.75) is 31.5 Å². The predicted molar refractivity (Wildman–Crippen MR) is 54.8 cm³/mol. The Balaban J connectivity index is 0.000000132. The van der Waals surface area contributed by atoms with Crippen LogP contribution in [0.3, 0.4) is 0 Å². The Morgan fingerprint density at radius 2 is 1.46 bits per heavy atom. The van der Waals surface area contributed by atoms with Gasteiger partial charge in [-0.1, -0.05) is 0 Å². The van der Waals surface area contributed by atoms with Crippen molar-refractivity contribution in [1.29, 1.82) is 0 Å². The summed E-state index contributed by atoms with van der Waals surface area (Å²) in [6.45, 7) is 1.91. The van der Waals surface area contributed by atoms with Gasteiger partial charge in [0.2, 0.25) is 0 Å². The maximum Gasteiger partial charge on any atom is 0.0821 e. The van der Waals surface area contributed by atoms with Crippen molar-refractivity contribution in [3.05, 3.63) is 0 Å². The second-order valence-corrected chi connectivity index (χ2v) is 3.98. The molecule has 2 nitrogen and oxygen atoms in total. The van der Waals surface area contributed by atoms with E-state index in [0.717, 1.165) is 44.2 Å². The molecule has 2 fully saturated rings. The monoisotopic (exact) mass is 226 g/mol. The Hall–Kier alpha value is 0.500. The largest absolute Gasteiger partial charge is 0.373 e. The fourth-order valence-corrected chi connectivity index (χ4v) is 1.29. The lowest BCUT2D eigenvalue weighted by molar-refractivity contribution is 0.395. The van der Waals surface area contributed by atoms with Crippen LogP contribution in [0.5, 0.6) is 0 Å². The van der Waals surface area contributed by atoms with Gasteiger partial charge in [0.15, 0.2) is 0 Å². The summed E-state index contributed by atoms with van der Waals surface area (Å²) in [4.78, 5) is 0. The van der Waals surface area contributed by atoms with Crippen LogP contribution in [0.25, 0.3) is 0 Å². The number of ether oxygens (including phenoxy) is 2. The van der Waals surface area contributed by atoms with E-state index in [2.05, 4.69) is 0 Å². The summed E-state index contributed by atoms with van der Waals surface area (Å²) < 4.78 is 9.82. The molecule has 4 heteroatoms. The lowest BCUT2D eigenvalue weighted by atomic mass is 10.3. The maximum absolute atomic E-state index is 5.42. The molecule has 13 heavy (non-hydrogen) atoms. The Morgan fingerprint density at radius 3 is 1.77 bits per heavy atom. The van der Waals surface area contributed by atoms with Crippen LogP contribution in [0.2, 0.25) is 0 Å². The second-order valence-electron chi connectivity index (χ2n) is 3.22. The molecule has 0 spiro atoms. The molecule has 78 valence electrons. The Bertz CT molecular complexity index is 125. The summed E-state index contributed by atoms with van der Waals surface area (Å²) in [6, 6.07) is 0. The highest BCUT2D eigenvalue weighted by Crippen LogP contribution is 2.15. The van der Waals surface area contributed by atoms with E-state index < -0.39 is 0 Å². The van der Waals surface area contributed by atoms with Crippen molar-refractivity contribution >= 4 is 23.2 Å². The van der Waals surface area contributed by atoms with E-state index in [-0.39, 0.29) is 0 Å². The van der Waals surface area contributed by atoms with E-state index in [9.17, 15) is 0 Å². The zero-order valence-corrected chi connectivity index (χ0v) is 9.19. The van der Waals surface area contributed by atoms with Crippen LogP contribution < -0.4 is 0 Å². The van der Waals surface area contributed by atoms with Gasteiger partial charge in [-0.2, -0.15) is 0 Å². The molecule has 0 aliphatic carbocycles. The van der Waals surface area contributed by atoms with Gasteiger partial charge >= 0.3 is 0 Å². The first-order valence-corrected chi connectivity index (χ1v) is 5.79. The zero-order chi connectivity index (χ0) is 9.52. The summed E-state index contributed by atoms with van der Waals surface area (Å²) in [5, 5.41) is 0. The molecule has 2 rings (SSSR count). The number of halogens is 2. The third-order valence-corrected chi connectivity index (χ3v) is 2.38. The van der Waals surface area contributed by atoms with E-state index in [1.165, 1.54) is 0 Å². The van der Waals surface area contributed by atoms with Crippen molar-refractivity contribution in [2.24, 2.45) is 0 Å². The highest BCUT2D eigenvalue weighted by Gasteiger charge is 2.20. The Morgan fingerprint density at radius 1 is 0.923 bits per heavy atom. The van der Waals surface area contributed by atoms with Crippen LogP contribution in [0.15, 0.2) is 0 Å². The van der Waals surface area contributed by atoms with Crippen LogP contribution in [-0.4, -0.2) is 37.2 Å². The molecule has 0 aromatic rings. The molecule has 2 atom stereocenters. The minimum atomic E-state index is 0.516. The smallest absolute Gasteiger partial charge is 0.0821 e. The van der Waals surface area contributed by atoms with E-state index in [4.69, 9.17) is 32.7 Å². The van der Waals surface area contributed by atoms with Crippen molar-refractivity contribution in [3.63, 3.8) is 0 Å². The van der Waals surface area contributed by atoms with Crippen LogP contribution in [-0.2, 0) is 9.47 Å². The van der Waals surface area contributed by atoms with Crippen molar-refractivity contribution in [2.75, 3.05) is 25.0 Å². The molecule has 0 bridgehead atoms. The first-order valence-electron chi connectivity index (χ1n) is 4.72. The van der Waals surface area contributed by atoms with Gasteiger partial charge in [-0.3, -0.25) is 0 Å². The lowest BCUT2D eigenvalue weighted by Gasteiger charge is -1.85. The molecule has 0 saturated carbocycles. The Labute approximate surface area is 89.5 Å². The summed E-state index contributed by atoms with van der Waals surface area (Å²) in [5.74, 6) is 1.52. The van der Waals surface area contributed by atoms with Gasteiger partial charge in [0.1, 0.15) is 0 Å². The normalized spacial score (nSPS) is 29.1. The van der Waals surface area contributed by atoms with Crippen LogP contribution in [0, 0.1) is 0 Å². The first kappa shape index (κ1) is 11.6. The standard InChI is InChI=1S/C5H9ClO.C4H7ClO/c6-3-1-2-5-4-7-5;5-2-1-4-3-6-4/h5H,1-4H2;4H,1-3H2.